The maximum absolute atomic E-state index is 13.3. The number of hydrogen-bond acceptors (Lipinski definition) is 14. The van der Waals surface area contributed by atoms with Crippen LogP contribution in [-0.2, 0) is 43.0 Å². The number of nitrogen functional groups attached to an aromatic ring is 2. The van der Waals surface area contributed by atoms with Gasteiger partial charge in [-0.2, -0.15) is 32.0 Å². The van der Waals surface area contributed by atoms with E-state index in [0.717, 1.165) is 93.5 Å². The number of hydrogen-bond donors (Lipinski definition) is 3. The van der Waals surface area contributed by atoms with Gasteiger partial charge in [0.15, 0.2) is 11.6 Å². The number of halogens is 6. The van der Waals surface area contributed by atoms with Crippen LogP contribution >= 0.6 is 36.3 Å². The first-order valence-electron chi connectivity index (χ1n) is 39.8. The Morgan fingerprint density at radius 2 is 1.06 bits per heavy atom. The summed E-state index contributed by atoms with van der Waals surface area (Å²) < 4.78 is 55.1. The number of hydroxylamine groups is 2. The normalized spacial score (nSPS) is 13.6. The van der Waals surface area contributed by atoms with Crippen LogP contribution in [-0.4, -0.2) is 163 Å². The molecule has 12 rings (SSSR count). The second kappa shape index (κ2) is 70.1. The third kappa shape index (κ3) is 54.4. The molecule has 15 nitrogen and oxygen atoms in total. The number of rotatable bonds is 29. The number of carbonyl (C=O) groups is 6. The van der Waals surface area contributed by atoms with Gasteiger partial charge >= 0.3 is 87.6 Å². The molecular weight excluding hydrogens is 1670 g/mol. The molecule has 6 saturated carbocycles. The average Bonchev–Trinajstić information content (AvgIpc) is 1.43. The first-order valence-corrected chi connectivity index (χ1v) is 45.1. The molecule has 6 aromatic carbocycles. The molecule has 0 aromatic heterocycles. The van der Waals surface area contributed by atoms with E-state index in [1.165, 1.54) is 135 Å². The van der Waals surface area contributed by atoms with Crippen molar-refractivity contribution in [3.05, 3.63) is 199 Å². The van der Waals surface area contributed by atoms with Crippen molar-refractivity contribution in [2.45, 2.75) is 209 Å². The summed E-state index contributed by atoms with van der Waals surface area (Å²) >= 11 is 0. The number of ketones is 2. The summed E-state index contributed by atoms with van der Waals surface area (Å²) in [6.07, 6.45) is 29.2. The summed E-state index contributed by atoms with van der Waals surface area (Å²) in [7, 11) is 5.32. The van der Waals surface area contributed by atoms with Crippen molar-refractivity contribution in [2.75, 3.05) is 64.2 Å². The smallest absolute Gasteiger partial charge is 1.00 e. The van der Waals surface area contributed by atoms with Crippen molar-refractivity contribution < 1.29 is 111 Å². The number of aldehydes is 1. The number of methoxy groups -OCH3 is 1. The first-order chi connectivity index (χ1) is 53.2. The van der Waals surface area contributed by atoms with Gasteiger partial charge in [-0.15, -0.1) is 35.5 Å². The number of allylic oxidation sites excluding steroid dienone is 1. The monoisotopic (exact) mass is 1810 g/mol. The maximum Gasteiger partial charge on any atom is 2.00 e. The fraction of sp³-hybridized carbons (Fsp3) is 0.495. The Hall–Kier alpha value is -4.28. The van der Waals surface area contributed by atoms with E-state index in [1.807, 2.05) is 82.7 Å². The summed E-state index contributed by atoms with van der Waals surface area (Å²) in [5.41, 5.74) is 12.9. The molecule has 0 heterocycles. The van der Waals surface area contributed by atoms with E-state index in [0.29, 0.717) is 62.0 Å². The van der Waals surface area contributed by atoms with Crippen LogP contribution < -0.4 is 73.9 Å². The quantitative estimate of drug-likeness (QED) is 0.00458. The first kappa shape index (κ1) is 122. The molecule has 6 aliphatic carbocycles. The molecule has 0 saturated heterocycles. The number of amides is 1. The molecule has 1 amide bonds. The average molecular weight is 1810 g/mol. The van der Waals surface area contributed by atoms with Crippen molar-refractivity contribution >= 4 is 173 Å². The van der Waals surface area contributed by atoms with Crippen LogP contribution in [0, 0.1) is 65.4 Å². The molecule has 6 aliphatic rings. The predicted octanol–water partition coefficient (Wildman–Crippen LogP) is 13.5. The van der Waals surface area contributed by atoms with Crippen LogP contribution in [0.15, 0.2) is 158 Å². The van der Waals surface area contributed by atoms with Crippen LogP contribution in [0.5, 0.6) is 0 Å². The Morgan fingerprint density at radius 3 is 1.43 bits per heavy atom. The molecule has 3 radical (unpaired) electrons. The summed E-state index contributed by atoms with van der Waals surface area (Å²) in [6, 6.07) is 47.7. The van der Waals surface area contributed by atoms with E-state index in [9.17, 15) is 47.0 Å². The van der Waals surface area contributed by atoms with Crippen LogP contribution in [0.3, 0.4) is 0 Å². The molecule has 0 spiro atoms. The maximum atomic E-state index is 13.3. The molecule has 643 valence electrons. The third-order valence-corrected chi connectivity index (χ3v) is 24.9. The molecule has 5 N–H and O–H groups in total. The van der Waals surface area contributed by atoms with Crippen molar-refractivity contribution in [3.63, 3.8) is 0 Å². The SMILES string of the molecule is Br.CCCC(=O)C=P(c1ccccc1)(c1ccccc1)c1ccccc1.CCOC.CCOC(=O)/C=C/C1CC1.CCOC(=O)CCC1CC1.CN(c1c[c-]ccc1F)[Si](C)(C)C.CON(C)C(=O)CCC1CC1.C[CH-]C.Cl.Nc1cc(C(=O)CCC2CC2)ccc1F.Nc1cc(C(O)CCC2CC2)ccc1F.O=CC1CC1.[B].[Cl-].[H-].[H-].[Mg+2].[Mg+2].[Na+]. The van der Waals surface area contributed by atoms with Crippen molar-refractivity contribution in [3.8, 4) is 0 Å². The number of aliphatic hydroxyl groups is 1. The number of aliphatic hydroxyl groups excluding tert-OH is 1. The Kier molecular flexibility index (Phi) is 72.6. The number of nitrogens with zero attached hydrogens (tertiary/aromatic N) is 2. The Bertz CT molecular complexity index is 3670. The molecule has 0 bridgehead atoms. The van der Waals surface area contributed by atoms with Gasteiger partial charge in [-0.05, 0) is 192 Å². The van der Waals surface area contributed by atoms with E-state index in [-0.39, 0.29) is 175 Å². The second-order valence-electron chi connectivity index (χ2n) is 29.6. The number of esters is 2. The number of benzene rings is 6. The van der Waals surface area contributed by atoms with Crippen molar-refractivity contribution in [1.82, 2.24) is 5.06 Å². The van der Waals surface area contributed by atoms with Gasteiger partial charge in [0, 0.05) is 78.2 Å². The Balaban J connectivity index is -0.000000244. The van der Waals surface area contributed by atoms with Gasteiger partial charge in [-0.1, -0.05) is 181 Å². The van der Waals surface area contributed by atoms with E-state index < -0.39 is 32.9 Å². The van der Waals surface area contributed by atoms with Gasteiger partial charge in [0.2, 0.25) is 5.91 Å². The number of nitrogens with two attached hydrogens (primary N) is 2. The molecule has 0 aliphatic heterocycles. The number of carbonyl (C=O) groups excluding carboxylic acids is 6. The fourth-order valence-electron chi connectivity index (χ4n) is 10.4. The zero-order chi connectivity index (χ0) is 82.2. The molecule has 1 atom stereocenters. The Labute approximate surface area is 789 Å². The summed E-state index contributed by atoms with van der Waals surface area (Å²) in [5.74, 6) is 5.42. The summed E-state index contributed by atoms with van der Waals surface area (Å²) in [5, 5.41) is 14.8. The van der Waals surface area contributed by atoms with Crippen LogP contribution in [0.1, 0.15) is 208 Å². The van der Waals surface area contributed by atoms with Crippen molar-refractivity contribution in [1.29, 1.82) is 0 Å². The summed E-state index contributed by atoms with van der Waals surface area (Å²) in [6.45, 7) is 17.9. The fourth-order valence-corrected chi connectivity index (χ4v) is 15.2. The predicted molar refractivity (Wildman–Crippen MR) is 491 cm³/mol. The van der Waals surface area contributed by atoms with Gasteiger partial charge in [0.1, 0.15) is 26.2 Å². The third-order valence-electron chi connectivity index (χ3n) is 18.6. The molecule has 118 heavy (non-hydrogen) atoms. The van der Waals surface area contributed by atoms with Crippen LogP contribution in [0.2, 0.25) is 19.6 Å². The van der Waals surface area contributed by atoms with Gasteiger partial charge < -0.3 is 61.8 Å². The molecule has 6 fully saturated rings. The minimum Gasteiger partial charge on any atom is -1.00 e. The minimum absolute atomic E-state index is 0. The number of ether oxygens (including phenoxy) is 3. The minimum atomic E-state index is -2.11. The van der Waals surface area contributed by atoms with Gasteiger partial charge in [0.05, 0.1) is 37.8 Å². The zero-order valence-corrected chi connectivity index (χ0v) is 82.8. The molecule has 27 heteroatoms. The summed E-state index contributed by atoms with van der Waals surface area (Å²) in [4.78, 5) is 71.3. The standard InChI is InChI=1S/C23H23OP.C12H16FNO.C12H14FNO.C10H15FNSi.C8H15NO2.C8H14O2.C8H12O2.C4H6O.C3H8O.C3H7.B.BrH.2ClH.2Mg.Na.2H/c1-2-12-20(24)19-25(21-13-6-3-7-14-21,22-15-8-4-9-16-22)23-17-10-5-11-18-23;2*13-10-5-4-9(7-11(10)14)12(15)6-3-8-1-2-8;1-12(13(2,3)4)10-8-6-5-7-9(10)11;1-9(11-2)8(10)6-5-7-3-4-7;2*1-2-10-8(9)6-5-7-3-4-7;5-3-4-1-2-4;1-3-4-2;1-3-2;;;;;;;;;/h3-11,13-19H,2,12H2,1H3;4-5,7-8,12,15H,1-3,6,14H2;4-5,7-8H,1-3,6,14H2;5,7-8H,1-4H3;7H,3-6H2,1-2H3;7H,2-6H2,1H3;5-7H,2-4H2,1H3;3-4H,1-2H2;3H2,1-2H3;3H,1-2H3;;3*1H;;;;;/q;;;-1;;;;;;-1;;;;;2*+2;+1;2*-1/p-1/b;;;;;;6-5+;;;;;;;;;;;;. The molecule has 1 unspecified atom stereocenters. The Morgan fingerprint density at radius 1 is 0.627 bits per heavy atom. The van der Waals surface area contributed by atoms with Gasteiger partial charge in [-0.25, -0.2) is 23.0 Å². The number of anilines is 3. The largest absolute Gasteiger partial charge is 2.00 e. The molecule has 6 aromatic rings. The topological polar surface area (TPSA) is 218 Å². The zero-order valence-electron chi connectivity index (χ0n) is 74.8. The number of Topliss-reactive ketones (excluding diaryl/α,β-unsaturated/α-hetero) is 2. The van der Waals surface area contributed by atoms with E-state index in [4.69, 9.17) is 25.8 Å². The second-order valence-corrected chi connectivity index (χ2v) is 37.8. The molecular formula is C91H134BBrCl2F3Mg2N4NaO11PSi. The van der Waals surface area contributed by atoms with E-state index in [1.54, 1.807) is 32.4 Å². The van der Waals surface area contributed by atoms with E-state index in [2.05, 4.69) is 110 Å². The van der Waals surface area contributed by atoms with Crippen molar-refractivity contribution in [2.24, 2.45) is 35.5 Å². The van der Waals surface area contributed by atoms with Crippen LogP contribution in [0.4, 0.5) is 30.2 Å². The van der Waals surface area contributed by atoms with Gasteiger partial charge in [-0.3, -0.25) is 24.0 Å². The van der Waals surface area contributed by atoms with Crippen LogP contribution in [0.25, 0.3) is 0 Å². The van der Waals surface area contributed by atoms with Gasteiger partial charge in [0.25, 0.3) is 0 Å². The van der Waals surface area contributed by atoms with E-state index >= 15 is 0 Å².